The van der Waals surface area contributed by atoms with Gasteiger partial charge in [-0.05, 0) is 30.5 Å². The first-order valence-corrected chi connectivity index (χ1v) is 8.15. The van der Waals surface area contributed by atoms with E-state index >= 15 is 0 Å². The molecule has 0 radical (unpaired) electrons. The predicted molar refractivity (Wildman–Crippen MR) is 76.5 cm³/mol. The number of ether oxygens (including phenoxy) is 1. The van der Waals surface area contributed by atoms with Crippen molar-refractivity contribution in [2.24, 2.45) is 5.92 Å². The summed E-state index contributed by atoms with van der Waals surface area (Å²) in [6, 6.07) is 4.85. The number of hydrogen-bond donors (Lipinski definition) is 2. The maximum absolute atomic E-state index is 12.1. The molecule has 1 atom stereocenters. The zero-order valence-corrected chi connectivity index (χ0v) is 12.1. The van der Waals surface area contributed by atoms with Gasteiger partial charge in [0.05, 0.1) is 24.2 Å². The number of amides is 1. The molecule has 7 heteroatoms. The molecule has 1 fully saturated rings. The fraction of sp³-hybridized carbons (Fsp3) is 0.462. The van der Waals surface area contributed by atoms with Crippen molar-refractivity contribution >= 4 is 21.4 Å². The minimum atomic E-state index is -2.92. The standard InChI is InChI=1S/C13H18N2O4S/c1-19-10-2-3-12(14)11(6-10)13(16)15-7-9-4-5-20(17,18)8-9/h2-3,6,9H,4-5,7-8,14H2,1H3,(H,15,16). The van der Waals surface area contributed by atoms with Gasteiger partial charge in [0, 0.05) is 12.2 Å². The third kappa shape index (κ3) is 3.41. The summed E-state index contributed by atoms with van der Waals surface area (Å²) in [5, 5.41) is 2.73. The molecule has 6 nitrogen and oxygen atoms in total. The summed E-state index contributed by atoms with van der Waals surface area (Å²) in [5.74, 6) is 0.560. The Bertz CT molecular complexity index is 613. The molecule has 0 aromatic heterocycles. The Morgan fingerprint density at radius 1 is 1.50 bits per heavy atom. The molecule has 2 rings (SSSR count). The molecular weight excluding hydrogens is 280 g/mol. The van der Waals surface area contributed by atoms with Crippen LogP contribution in [0.15, 0.2) is 18.2 Å². The van der Waals surface area contributed by atoms with E-state index in [1.807, 2.05) is 0 Å². The van der Waals surface area contributed by atoms with E-state index in [-0.39, 0.29) is 23.3 Å². The first-order chi connectivity index (χ1) is 9.41. The van der Waals surface area contributed by atoms with E-state index < -0.39 is 9.84 Å². The maximum atomic E-state index is 12.1. The number of sulfone groups is 1. The van der Waals surface area contributed by atoms with Crippen molar-refractivity contribution < 1.29 is 17.9 Å². The van der Waals surface area contributed by atoms with E-state index in [1.54, 1.807) is 18.2 Å². The molecule has 110 valence electrons. The summed E-state index contributed by atoms with van der Waals surface area (Å²) in [4.78, 5) is 12.1. The Hall–Kier alpha value is -1.76. The normalized spacial score (nSPS) is 20.6. The summed E-state index contributed by atoms with van der Waals surface area (Å²) in [6.45, 7) is 0.342. The van der Waals surface area contributed by atoms with Crippen LogP contribution in [-0.4, -0.2) is 39.5 Å². The minimum Gasteiger partial charge on any atom is -0.497 e. The van der Waals surface area contributed by atoms with Gasteiger partial charge in [-0.25, -0.2) is 8.42 Å². The average Bonchev–Trinajstić information content (AvgIpc) is 2.76. The number of anilines is 1. The molecule has 1 aromatic rings. The zero-order chi connectivity index (χ0) is 14.8. The van der Waals surface area contributed by atoms with Crippen molar-refractivity contribution in [2.45, 2.75) is 6.42 Å². The zero-order valence-electron chi connectivity index (χ0n) is 11.3. The van der Waals surface area contributed by atoms with Gasteiger partial charge in [-0.1, -0.05) is 0 Å². The van der Waals surface area contributed by atoms with Crippen molar-refractivity contribution in [3.63, 3.8) is 0 Å². The first-order valence-electron chi connectivity index (χ1n) is 6.33. The number of nitrogen functional groups attached to an aromatic ring is 1. The van der Waals surface area contributed by atoms with Gasteiger partial charge < -0.3 is 15.8 Å². The third-order valence-electron chi connectivity index (χ3n) is 3.38. The monoisotopic (exact) mass is 298 g/mol. The van der Waals surface area contributed by atoms with Crippen LogP contribution in [0.3, 0.4) is 0 Å². The van der Waals surface area contributed by atoms with Crippen molar-refractivity contribution in [2.75, 3.05) is 30.9 Å². The van der Waals surface area contributed by atoms with Crippen molar-refractivity contribution in [3.05, 3.63) is 23.8 Å². The fourth-order valence-corrected chi connectivity index (χ4v) is 4.09. The molecule has 1 heterocycles. The van der Waals surface area contributed by atoms with Gasteiger partial charge in [0.15, 0.2) is 9.84 Å². The molecular formula is C13H18N2O4S. The molecule has 20 heavy (non-hydrogen) atoms. The smallest absolute Gasteiger partial charge is 0.253 e. The number of rotatable bonds is 4. The van der Waals surface area contributed by atoms with E-state index in [4.69, 9.17) is 10.5 Å². The number of carbonyl (C=O) groups is 1. The second-order valence-electron chi connectivity index (χ2n) is 4.93. The molecule has 0 aliphatic carbocycles. The minimum absolute atomic E-state index is 0.0178. The Kier molecular flexibility index (Phi) is 4.17. The highest BCUT2D eigenvalue weighted by Gasteiger charge is 2.28. The van der Waals surface area contributed by atoms with Crippen LogP contribution >= 0.6 is 0 Å². The number of carbonyl (C=O) groups excluding carboxylic acids is 1. The quantitative estimate of drug-likeness (QED) is 0.786. The van der Waals surface area contributed by atoms with Gasteiger partial charge >= 0.3 is 0 Å². The van der Waals surface area contributed by atoms with Crippen molar-refractivity contribution in [1.82, 2.24) is 5.32 Å². The third-order valence-corrected chi connectivity index (χ3v) is 5.22. The number of benzene rings is 1. The second-order valence-corrected chi connectivity index (χ2v) is 7.16. The van der Waals surface area contributed by atoms with Crippen LogP contribution in [0.1, 0.15) is 16.8 Å². The summed E-state index contributed by atoms with van der Waals surface area (Å²) in [7, 11) is -1.41. The van der Waals surface area contributed by atoms with E-state index in [9.17, 15) is 13.2 Å². The van der Waals surface area contributed by atoms with Crippen LogP contribution in [0.5, 0.6) is 5.75 Å². The van der Waals surface area contributed by atoms with Gasteiger partial charge in [-0.2, -0.15) is 0 Å². The summed E-state index contributed by atoms with van der Waals surface area (Å²) >= 11 is 0. The first kappa shape index (κ1) is 14.6. The van der Waals surface area contributed by atoms with Crippen LogP contribution in [0, 0.1) is 5.92 Å². The molecule has 1 amide bonds. The number of hydrogen-bond acceptors (Lipinski definition) is 5. The SMILES string of the molecule is COc1ccc(N)c(C(=O)NCC2CCS(=O)(=O)C2)c1. The van der Waals surface area contributed by atoms with Gasteiger partial charge in [-0.15, -0.1) is 0 Å². The molecule has 0 spiro atoms. The predicted octanol–water partition coefficient (Wildman–Crippen LogP) is 0.442. The Morgan fingerprint density at radius 2 is 2.25 bits per heavy atom. The van der Waals surface area contributed by atoms with Crippen molar-refractivity contribution in [3.8, 4) is 5.75 Å². The molecule has 1 saturated heterocycles. The van der Waals surface area contributed by atoms with Crippen LogP contribution in [0.25, 0.3) is 0 Å². The molecule has 3 N–H and O–H groups in total. The highest BCUT2D eigenvalue weighted by Crippen LogP contribution is 2.20. The van der Waals surface area contributed by atoms with Crippen LogP contribution in [-0.2, 0) is 9.84 Å². The van der Waals surface area contributed by atoms with E-state index in [1.165, 1.54) is 7.11 Å². The van der Waals surface area contributed by atoms with Crippen LogP contribution in [0.4, 0.5) is 5.69 Å². The summed E-state index contributed by atoms with van der Waals surface area (Å²) in [5.41, 5.74) is 6.46. The fourth-order valence-electron chi connectivity index (χ4n) is 2.22. The molecule has 1 aliphatic heterocycles. The molecule has 1 unspecified atom stereocenters. The van der Waals surface area contributed by atoms with Gasteiger partial charge in [-0.3, -0.25) is 4.79 Å². The number of nitrogens with two attached hydrogens (primary N) is 1. The Labute approximate surface area is 118 Å². The Morgan fingerprint density at radius 3 is 2.85 bits per heavy atom. The van der Waals surface area contributed by atoms with Crippen LogP contribution in [0.2, 0.25) is 0 Å². The van der Waals surface area contributed by atoms with Crippen molar-refractivity contribution in [1.29, 1.82) is 0 Å². The second kappa shape index (κ2) is 5.70. The number of methoxy groups -OCH3 is 1. The lowest BCUT2D eigenvalue weighted by molar-refractivity contribution is 0.0949. The average molecular weight is 298 g/mol. The van der Waals surface area contributed by atoms with Crippen LogP contribution < -0.4 is 15.8 Å². The van der Waals surface area contributed by atoms with E-state index in [0.29, 0.717) is 30.0 Å². The lowest BCUT2D eigenvalue weighted by Crippen LogP contribution is -2.30. The molecule has 0 saturated carbocycles. The summed E-state index contributed by atoms with van der Waals surface area (Å²) in [6.07, 6.45) is 0.593. The Balaban J connectivity index is 1.99. The van der Waals surface area contributed by atoms with Gasteiger partial charge in [0.1, 0.15) is 5.75 Å². The van der Waals surface area contributed by atoms with E-state index in [0.717, 1.165) is 0 Å². The number of nitrogens with one attached hydrogen (secondary N) is 1. The molecule has 1 aliphatic rings. The summed E-state index contributed by atoms with van der Waals surface area (Å²) < 4.78 is 27.7. The lowest BCUT2D eigenvalue weighted by Gasteiger charge is -2.11. The largest absolute Gasteiger partial charge is 0.497 e. The molecule has 1 aromatic carbocycles. The lowest BCUT2D eigenvalue weighted by atomic mass is 10.1. The highest BCUT2D eigenvalue weighted by molar-refractivity contribution is 7.91. The van der Waals surface area contributed by atoms with Gasteiger partial charge in [0.25, 0.3) is 5.91 Å². The highest BCUT2D eigenvalue weighted by atomic mass is 32.2. The molecule has 0 bridgehead atoms. The maximum Gasteiger partial charge on any atom is 0.253 e. The van der Waals surface area contributed by atoms with E-state index in [2.05, 4.69) is 5.32 Å². The van der Waals surface area contributed by atoms with Gasteiger partial charge in [0.2, 0.25) is 0 Å². The topological polar surface area (TPSA) is 98.5 Å².